The number of rotatable bonds is 3. The van der Waals surface area contributed by atoms with E-state index in [1.165, 1.54) is 6.07 Å². The minimum absolute atomic E-state index is 0.159. The van der Waals surface area contributed by atoms with Crippen molar-refractivity contribution in [1.29, 1.82) is 0 Å². The molecule has 2 heterocycles. The average molecular weight is 349 g/mol. The zero-order valence-corrected chi connectivity index (χ0v) is 12.6. The van der Waals surface area contributed by atoms with Gasteiger partial charge in [0, 0.05) is 29.7 Å². The topological polar surface area (TPSA) is 71.2 Å². The number of carbonyl (C=O) groups excluding carboxylic acids is 1. The standard InChI is InChI=1S/C15H13BrN2O3/c16-11-2-3-12-10(5-11)6-13(21-12)15(20)18-8-9-1-4-14(19)17-7-9/h1-5,7,13H,6,8H2,(H,17,19)(H,18,20)/t13-/m1/s1. The van der Waals surface area contributed by atoms with Crippen LogP contribution in [0.25, 0.3) is 0 Å². The SMILES string of the molecule is O=C(NCc1ccc(=O)[nH]c1)[C@H]1Cc2cc(Br)ccc2O1. The quantitative estimate of drug-likeness (QED) is 0.887. The number of pyridine rings is 1. The van der Waals surface area contributed by atoms with Crippen LogP contribution in [0, 0.1) is 0 Å². The first kappa shape index (κ1) is 13.9. The number of fused-ring (bicyclic) bond motifs is 1. The summed E-state index contributed by atoms with van der Waals surface area (Å²) in [4.78, 5) is 25.6. The molecule has 2 aromatic rings. The lowest BCUT2D eigenvalue weighted by Gasteiger charge is -2.11. The highest BCUT2D eigenvalue weighted by Gasteiger charge is 2.28. The Hall–Kier alpha value is -2.08. The second kappa shape index (κ2) is 5.73. The lowest BCUT2D eigenvalue weighted by Crippen LogP contribution is -2.37. The summed E-state index contributed by atoms with van der Waals surface area (Å²) in [7, 11) is 0. The van der Waals surface area contributed by atoms with Gasteiger partial charge in [-0.1, -0.05) is 22.0 Å². The first-order chi connectivity index (χ1) is 10.1. The Labute approximate surface area is 129 Å². The summed E-state index contributed by atoms with van der Waals surface area (Å²) < 4.78 is 6.61. The molecule has 108 valence electrons. The molecular weight excluding hydrogens is 336 g/mol. The normalized spacial score (nSPS) is 16.1. The molecule has 1 atom stereocenters. The third-order valence-corrected chi connectivity index (χ3v) is 3.80. The largest absolute Gasteiger partial charge is 0.480 e. The van der Waals surface area contributed by atoms with E-state index >= 15 is 0 Å². The summed E-state index contributed by atoms with van der Waals surface area (Å²) in [6, 6.07) is 8.82. The molecule has 0 radical (unpaired) electrons. The van der Waals surface area contributed by atoms with Gasteiger partial charge in [0.1, 0.15) is 5.75 Å². The summed E-state index contributed by atoms with van der Waals surface area (Å²) in [6.07, 6.45) is 1.65. The van der Waals surface area contributed by atoms with E-state index in [2.05, 4.69) is 26.2 Å². The highest BCUT2D eigenvalue weighted by Crippen LogP contribution is 2.31. The smallest absolute Gasteiger partial charge is 0.261 e. The first-order valence-electron chi connectivity index (χ1n) is 6.52. The summed E-state index contributed by atoms with van der Waals surface area (Å²) in [5.74, 6) is 0.593. The van der Waals surface area contributed by atoms with E-state index in [0.29, 0.717) is 13.0 Å². The van der Waals surface area contributed by atoms with Crippen LogP contribution in [0.15, 0.2) is 45.8 Å². The maximum absolute atomic E-state index is 12.1. The molecule has 0 aliphatic carbocycles. The predicted molar refractivity (Wildman–Crippen MR) is 81.2 cm³/mol. The minimum atomic E-state index is -0.503. The lowest BCUT2D eigenvalue weighted by molar-refractivity contribution is -0.127. The van der Waals surface area contributed by atoms with Crippen molar-refractivity contribution in [2.24, 2.45) is 0 Å². The van der Waals surface area contributed by atoms with E-state index in [1.807, 2.05) is 18.2 Å². The third-order valence-electron chi connectivity index (χ3n) is 3.30. The van der Waals surface area contributed by atoms with Gasteiger partial charge in [-0.25, -0.2) is 0 Å². The van der Waals surface area contributed by atoms with Crippen LogP contribution < -0.4 is 15.6 Å². The molecule has 0 bridgehead atoms. The van der Waals surface area contributed by atoms with Gasteiger partial charge < -0.3 is 15.0 Å². The van der Waals surface area contributed by atoms with Crippen LogP contribution in [-0.2, 0) is 17.8 Å². The zero-order chi connectivity index (χ0) is 14.8. The molecule has 0 fully saturated rings. The molecule has 0 unspecified atom stereocenters. The van der Waals surface area contributed by atoms with Gasteiger partial charge >= 0.3 is 0 Å². The second-order valence-corrected chi connectivity index (χ2v) is 5.76. The number of hydrogen-bond acceptors (Lipinski definition) is 3. The molecule has 0 saturated heterocycles. The van der Waals surface area contributed by atoms with E-state index in [4.69, 9.17) is 4.74 Å². The Bertz CT molecular complexity index is 721. The van der Waals surface area contributed by atoms with Gasteiger partial charge in [-0.3, -0.25) is 9.59 Å². The summed E-state index contributed by atoms with van der Waals surface area (Å²) >= 11 is 3.40. The molecule has 1 aromatic heterocycles. The highest BCUT2D eigenvalue weighted by molar-refractivity contribution is 9.10. The number of hydrogen-bond donors (Lipinski definition) is 2. The summed E-state index contributed by atoms with van der Waals surface area (Å²) in [6.45, 7) is 0.357. The maximum Gasteiger partial charge on any atom is 0.261 e. The molecule has 3 rings (SSSR count). The van der Waals surface area contributed by atoms with Gasteiger partial charge in [0.2, 0.25) is 5.56 Å². The van der Waals surface area contributed by atoms with E-state index in [9.17, 15) is 9.59 Å². The molecule has 1 aromatic carbocycles. The number of benzene rings is 1. The Morgan fingerprint density at radius 2 is 2.24 bits per heavy atom. The average Bonchev–Trinajstić information content (AvgIpc) is 2.89. The van der Waals surface area contributed by atoms with Crippen molar-refractivity contribution in [2.75, 3.05) is 0 Å². The molecule has 0 spiro atoms. The van der Waals surface area contributed by atoms with Crippen LogP contribution in [0.1, 0.15) is 11.1 Å². The second-order valence-electron chi connectivity index (χ2n) is 4.84. The Morgan fingerprint density at radius 3 is 3.00 bits per heavy atom. The van der Waals surface area contributed by atoms with E-state index in [0.717, 1.165) is 21.3 Å². The Morgan fingerprint density at radius 1 is 1.38 bits per heavy atom. The molecule has 1 amide bonds. The number of H-pyrrole nitrogens is 1. The van der Waals surface area contributed by atoms with Gasteiger partial charge in [0.05, 0.1) is 0 Å². The van der Waals surface area contributed by atoms with Crippen LogP contribution in [0.2, 0.25) is 0 Å². The molecule has 1 aliphatic heterocycles. The molecular formula is C15H13BrN2O3. The monoisotopic (exact) mass is 348 g/mol. The first-order valence-corrected chi connectivity index (χ1v) is 7.31. The minimum Gasteiger partial charge on any atom is -0.480 e. The fourth-order valence-electron chi connectivity index (χ4n) is 2.22. The van der Waals surface area contributed by atoms with Crippen molar-refractivity contribution in [2.45, 2.75) is 19.1 Å². The Balaban J connectivity index is 1.60. The molecule has 5 nitrogen and oxygen atoms in total. The van der Waals surface area contributed by atoms with Crippen LogP contribution >= 0.6 is 15.9 Å². The maximum atomic E-state index is 12.1. The molecule has 6 heteroatoms. The highest BCUT2D eigenvalue weighted by atomic mass is 79.9. The van der Waals surface area contributed by atoms with Crippen molar-refractivity contribution in [3.63, 3.8) is 0 Å². The number of ether oxygens (including phenoxy) is 1. The number of halogens is 1. The molecule has 21 heavy (non-hydrogen) atoms. The van der Waals surface area contributed by atoms with E-state index < -0.39 is 6.10 Å². The van der Waals surface area contributed by atoms with Crippen LogP contribution in [0.5, 0.6) is 5.75 Å². The van der Waals surface area contributed by atoms with Crippen molar-refractivity contribution < 1.29 is 9.53 Å². The van der Waals surface area contributed by atoms with Gasteiger partial charge in [-0.2, -0.15) is 0 Å². The van der Waals surface area contributed by atoms with Gasteiger partial charge in [-0.15, -0.1) is 0 Å². The number of amides is 1. The summed E-state index contributed by atoms with van der Waals surface area (Å²) in [5.41, 5.74) is 1.69. The predicted octanol–water partition coefficient (Wildman–Crippen LogP) is 1.76. The van der Waals surface area contributed by atoms with Gasteiger partial charge in [0.15, 0.2) is 6.10 Å². The molecule has 0 saturated carbocycles. The van der Waals surface area contributed by atoms with Gasteiger partial charge in [-0.05, 0) is 29.3 Å². The molecule has 2 N–H and O–H groups in total. The Kier molecular flexibility index (Phi) is 3.79. The third kappa shape index (κ3) is 3.16. The van der Waals surface area contributed by atoms with Crippen molar-refractivity contribution in [3.05, 3.63) is 62.5 Å². The zero-order valence-electron chi connectivity index (χ0n) is 11.1. The fraction of sp³-hybridized carbons (Fsp3) is 0.200. The van der Waals surface area contributed by atoms with Crippen molar-refractivity contribution in [1.82, 2.24) is 10.3 Å². The number of carbonyl (C=O) groups is 1. The number of aromatic amines is 1. The van der Waals surface area contributed by atoms with Gasteiger partial charge in [0.25, 0.3) is 5.91 Å². The fourth-order valence-corrected chi connectivity index (χ4v) is 2.63. The van der Waals surface area contributed by atoms with Crippen molar-refractivity contribution >= 4 is 21.8 Å². The number of aromatic nitrogens is 1. The van der Waals surface area contributed by atoms with E-state index in [-0.39, 0.29) is 11.5 Å². The summed E-state index contributed by atoms with van der Waals surface area (Å²) in [5, 5.41) is 2.81. The van der Waals surface area contributed by atoms with Crippen LogP contribution in [0.3, 0.4) is 0 Å². The lowest BCUT2D eigenvalue weighted by atomic mass is 10.1. The van der Waals surface area contributed by atoms with Crippen LogP contribution in [0.4, 0.5) is 0 Å². The van der Waals surface area contributed by atoms with Crippen LogP contribution in [-0.4, -0.2) is 17.0 Å². The number of nitrogens with one attached hydrogen (secondary N) is 2. The van der Waals surface area contributed by atoms with E-state index in [1.54, 1.807) is 12.3 Å². The molecule has 1 aliphatic rings. The van der Waals surface area contributed by atoms with Crippen molar-refractivity contribution in [3.8, 4) is 5.75 Å².